The molecule has 1 atom stereocenters. The lowest BCUT2D eigenvalue weighted by Crippen LogP contribution is -2.56. The zero-order chi connectivity index (χ0) is 12.4. The van der Waals surface area contributed by atoms with Gasteiger partial charge in [-0.1, -0.05) is 24.3 Å². The van der Waals surface area contributed by atoms with Crippen LogP contribution in [0.4, 0.5) is 0 Å². The van der Waals surface area contributed by atoms with E-state index in [-0.39, 0.29) is 0 Å². The minimum atomic E-state index is 0.747. The number of nitrogens with one attached hydrogen (secondary N) is 1. The minimum Gasteiger partial charge on any atom is -0.312 e. The minimum absolute atomic E-state index is 0.747. The Morgan fingerprint density at radius 2 is 2.00 bits per heavy atom. The highest BCUT2D eigenvalue weighted by Crippen LogP contribution is 2.27. The maximum absolute atomic E-state index is 3.79. The van der Waals surface area contributed by atoms with Crippen LogP contribution in [-0.4, -0.2) is 37.1 Å². The van der Waals surface area contributed by atoms with E-state index >= 15 is 0 Å². The molecule has 18 heavy (non-hydrogen) atoms. The van der Waals surface area contributed by atoms with E-state index < -0.39 is 0 Å². The van der Waals surface area contributed by atoms with Crippen molar-refractivity contribution in [2.75, 3.05) is 26.2 Å². The largest absolute Gasteiger partial charge is 0.312 e. The van der Waals surface area contributed by atoms with Crippen molar-refractivity contribution >= 4 is 0 Å². The van der Waals surface area contributed by atoms with Crippen molar-refractivity contribution < 1.29 is 0 Å². The van der Waals surface area contributed by atoms with E-state index in [0.29, 0.717) is 0 Å². The molecule has 2 nitrogen and oxygen atoms in total. The van der Waals surface area contributed by atoms with Crippen molar-refractivity contribution in [2.24, 2.45) is 5.92 Å². The molecule has 1 aromatic rings. The number of hydrogen-bond acceptors (Lipinski definition) is 2. The lowest BCUT2D eigenvalue weighted by molar-refractivity contribution is 0.0731. The highest BCUT2D eigenvalue weighted by Gasteiger charge is 2.33. The van der Waals surface area contributed by atoms with Crippen LogP contribution in [0.5, 0.6) is 0 Å². The third kappa shape index (κ3) is 2.60. The summed E-state index contributed by atoms with van der Waals surface area (Å²) in [5, 5.41) is 3.79. The van der Waals surface area contributed by atoms with Crippen molar-refractivity contribution in [3.8, 4) is 0 Å². The first kappa shape index (κ1) is 12.2. The fraction of sp³-hybridized carbons (Fsp3) is 0.625. The number of nitrogens with zero attached hydrogens (tertiary/aromatic N) is 1. The van der Waals surface area contributed by atoms with Gasteiger partial charge in [-0.05, 0) is 62.9 Å². The number of fused-ring (bicyclic) bond motifs is 3. The molecule has 3 heterocycles. The third-order valence-corrected chi connectivity index (χ3v) is 4.72. The fourth-order valence-corrected chi connectivity index (χ4v) is 3.48. The molecular formula is C16H24N2. The van der Waals surface area contributed by atoms with Gasteiger partial charge in [0.25, 0.3) is 0 Å². The van der Waals surface area contributed by atoms with Crippen LogP contribution in [0.1, 0.15) is 24.0 Å². The Balaban J connectivity index is 1.49. The molecule has 1 unspecified atom stereocenters. The van der Waals surface area contributed by atoms with Crippen LogP contribution in [0.3, 0.4) is 0 Å². The quantitative estimate of drug-likeness (QED) is 0.873. The summed E-state index contributed by atoms with van der Waals surface area (Å²) >= 11 is 0. The zero-order valence-corrected chi connectivity index (χ0v) is 11.4. The lowest BCUT2D eigenvalue weighted by Gasteiger charge is -2.45. The van der Waals surface area contributed by atoms with E-state index in [9.17, 15) is 0 Å². The van der Waals surface area contributed by atoms with Crippen molar-refractivity contribution in [3.63, 3.8) is 0 Å². The average molecular weight is 244 g/mol. The van der Waals surface area contributed by atoms with Gasteiger partial charge in [-0.25, -0.2) is 0 Å². The van der Waals surface area contributed by atoms with E-state index in [1.54, 1.807) is 0 Å². The van der Waals surface area contributed by atoms with Gasteiger partial charge in [-0.15, -0.1) is 0 Å². The van der Waals surface area contributed by atoms with E-state index in [1.807, 2.05) is 0 Å². The maximum atomic E-state index is 3.79. The second kappa shape index (κ2) is 5.41. The first-order chi connectivity index (χ1) is 8.83. The molecule has 4 rings (SSSR count). The molecule has 0 aromatic heterocycles. The Hall–Kier alpha value is -0.860. The standard InChI is InChI=1S/C16H24N2/c1-13-4-2-3-5-14(13)6-9-17-16-12-18-10-7-15(16)8-11-18/h2-5,15-17H,6-12H2,1H3. The third-order valence-electron chi connectivity index (χ3n) is 4.72. The SMILES string of the molecule is Cc1ccccc1CCNC1CN2CCC1CC2. The molecule has 0 spiro atoms. The normalized spacial score (nSPS) is 30.6. The van der Waals surface area contributed by atoms with Gasteiger partial charge in [0.15, 0.2) is 0 Å². The molecule has 2 bridgehead atoms. The molecule has 3 aliphatic heterocycles. The molecule has 3 fully saturated rings. The molecule has 0 amide bonds. The highest BCUT2D eigenvalue weighted by atomic mass is 15.2. The number of rotatable bonds is 4. The summed E-state index contributed by atoms with van der Waals surface area (Å²) in [6.07, 6.45) is 3.97. The lowest BCUT2D eigenvalue weighted by atomic mass is 9.84. The van der Waals surface area contributed by atoms with Gasteiger partial charge < -0.3 is 10.2 Å². The van der Waals surface area contributed by atoms with E-state index in [1.165, 1.54) is 43.6 Å². The molecular weight excluding hydrogens is 220 g/mol. The first-order valence-corrected chi connectivity index (χ1v) is 7.33. The fourth-order valence-electron chi connectivity index (χ4n) is 3.48. The number of benzene rings is 1. The topological polar surface area (TPSA) is 15.3 Å². The number of hydrogen-bond donors (Lipinski definition) is 1. The van der Waals surface area contributed by atoms with Gasteiger partial charge in [0, 0.05) is 12.6 Å². The summed E-state index contributed by atoms with van der Waals surface area (Å²) in [7, 11) is 0. The van der Waals surface area contributed by atoms with Crippen LogP contribution in [0, 0.1) is 12.8 Å². The van der Waals surface area contributed by atoms with E-state index in [0.717, 1.165) is 24.9 Å². The van der Waals surface area contributed by atoms with Gasteiger partial charge in [0.2, 0.25) is 0 Å². The van der Waals surface area contributed by atoms with Gasteiger partial charge in [-0.2, -0.15) is 0 Å². The molecule has 0 radical (unpaired) electrons. The van der Waals surface area contributed by atoms with Crippen molar-refractivity contribution in [1.29, 1.82) is 0 Å². The van der Waals surface area contributed by atoms with Gasteiger partial charge in [0.1, 0.15) is 0 Å². The summed E-state index contributed by atoms with van der Waals surface area (Å²) in [6, 6.07) is 9.49. The van der Waals surface area contributed by atoms with Gasteiger partial charge in [0.05, 0.1) is 0 Å². The van der Waals surface area contributed by atoms with Crippen molar-refractivity contribution in [2.45, 2.75) is 32.2 Å². The van der Waals surface area contributed by atoms with Gasteiger partial charge >= 0.3 is 0 Å². The number of piperidine rings is 3. The smallest absolute Gasteiger partial charge is 0.0224 e. The van der Waals surface area contributed by atoms with Crippen LogP contribution in [0.15, 0.2) is 24.3 Å². The molecule has 1 N–H and O–H groups in total. The van der Waals surface area contributed by atoms with Crippen LogP contribution < -0.4 is 5.32 Å². The number of aryl methyl sites for hydroxylation is 1. The summed E-state index contributed by atoms with van der Waals surface area (Å²) in [5.41, 5.74) is 2.92. The summed E-state index contributed by atoms with van der Waals surface area (Å²) < 4.78 is 0. The van der Waals surface area contributed by atoms with Crippen molar-refractivity contribution in [1.82, 2.24) is 10.2 Å². The van der Waals surface area contributed by atoms with Crippen LogP contribution >= 0.6 is 0 Å². The summed E-state index contributed by atoms with van der Waals surface area (Å²) in [5.74, 6) is 0.937. The second-order valence-corrected chi connectivity index (χ2v) is 5.88. The monoisotopic (exact) mass is 244 g/mol. The Labute approximate surface area is 110 Å². The average Bonchev–Trinajstić information content (AvgIpc) is 2.42. The highest BCUT2D eigenvalue weighted by molar-refractivity contribution is 5.25. The predicted octanol–water partition coefficient (Wildman–Crippen LogP) is 2.22. The summed E-state index contributed by atoms with van der Waals surface area (Å²) in [4.78, 5) is 2.62. The van der Waals surface area contributed by atoms with Gasteiger partial charge in [-0.3, -0.25) is 0 Å². The molecule has 98 valence electrons. The Morgan fingerprint density at radius 1 is 1.22 bits per heavy atom. The van der Waals surface area contributed by atoms with E-state index in [4.69, 9.17) is 0 Å². The predicted molar refractivity (Wildman–Crippen MR) is 75.8 cm³/mol. The molecule has 3 aliphatic rings. The molecule has 3 saturated heterocycles. The molecule has 0 aliphatic carbocycles. The van der Waals surface area contributed by atoms with Crippen LogP contribution in [0.2, 0.25) is 0 Å². The Kier molecular flexibility index (Phi) is 3.67. The molecule has 0 saturated carbocycles. The second-order valence-electron chi connectivity index (χ2n) is 5.88. The van der Waals surface area contributed by atoms with Crippen LogP contribution in [0.25, 0.3) is 0 Å². The van der Waals surface area contributed by atoms with Crippen molar-refractivity contribution in [3.05, 3.63) is 35.4 Å². The Bertz CT molecular complexity index is 394. The Morgan fingerprint density at radius 3 is 2.67 bits per heavy atom. The molecule has 1 aromatic carbocycles. The summed E-state index contributed by atoms with van der Waals surface area (Å²) in [6.45, 7) is 7.28. The van der Waals surface area contributed by atoms with Crippen LogP contribution in [-0.2, 0) is 6.42 Å². The van der Waals surface area contributed by atoms with E-state index in [2.05, 4.69) is 41.4 Å². The molecule has 2 heteroatoms. The first-order valence-electron chi connectivity index (χ1n) is 7.33. The maximum Gasteiger partial charge on any atom is 0.0224 e. The zero-order valence-electron chi connectivity index (χ0n) is 11.4.